The van der Waals surface area contributed by atoms with Crippen molar-refractivity contribution >= 4 is 23.6 Å². The Hall–Kier alpha value is -2.44. The molecule has 0 bridgehead atoms. The van der Waals surface area contributed by atoms with Crippen molar-refractivity contribution in [1.29, 1.82) is 0 Å². The zero-order valence-electron chi connectivity index (χ0n) is 14.3. The van der Waals surface area contributed by atoms with Crippen LogP contribution >= 0.6 is 0 Å². The SMILES string of the molecule is C=C1C=CC(=O)N1CCC(=O)NCCCC.CN1C(=O)CCC1=O. The average Bonchev–Trinajstić information content (AvgIpc) is 3.03. The van der Waals surface area contributed by atoms with Crippen LogP contribution in [0.4, 0.5) is 0 Å². The van der Waals surface area contributed by atoms with Crippen LogP contribution in [0.25, 0.3) is 0 Å². The van der Waals surface area contributed by atoms with E-state index in [-0.39, 0.29) is 23.6 Å². The summed E-state index contributed by atoms with van der Waals surface area (Å²) in [6, 6.07) is 0. The first-order valence-corrected chi connectivity index (χ1v) is 8.11. The highest BCUT2D eigenvalue weighted by Crippen LogP contribution is 2.12. The minimum atomic E-state index is -0.0913. The van der Waals surface area contributed by atoms with Crippen LogP contribution in [0.5, 0.6) is 0 Å². The summed E-state index contributed by atoms with van der Waals surface area (Å²) in [5.74, 6) is -0.225. The first kappa shape index (κ1) is 19.6. The molecule has 0 aromatic rings. The molecule has 7 heteroatoms. The van der Waals surface area contributed by atoms with Crippen molar-refractivity contribution in [2.24, 2.45) is 0 Å². The number of amides is 4. The third-order valence-corrected chi connectivity index (χ3v) is 3.75. The molecule has 132 valence electrons. The fourth-order valence-electron chi connectivity index (χ4n) is 2.14. The van der Waals surface area contributed by atoms with Gasteiger partial charge < -0.3 is 10.2 Å². The first-order chi connectivity index (χ1) is 11.4. The number of carbonyl (C=O) groups is 4. The van der Waals surface area contributed by atoms with Crippen LogP contribution in [-0.4, -0.2) is 53.6 Å². The molecule has 0 radical (unpaired) electrons. The van der Waals surface area contributed by atoms with Gasteiger partial charge in [0.25, 0.3) is 5.91 Å². The minimum Gasteiger partial charge on any atom is -0.356 e. The van der Waals surface area contributed by atoms with Crippen LogP contribution in [0, 0.1) is 0 Å². The second-order valence-corrected chi connectivity index (χ2v) is 5.61. The Bertz CT molecular complexity index is 520. The Balaban J connectivity index is 0.000000300. The standard InChI is InChI=1S/C12H18N2O2.C5H7NO2/c1-3-4-8-13-11(15)7-9-14-10(2)5-6-12(14)16;1-6-4(7)2-3-5(6)8/h5-6H,2-4,7-9H2,1H3,(H,13,15);2-3H2,1H3. The predicted molar refractivity (Wildman–Crippen MR) is 89.5 cm³/mol. The molecule has 24 heavy (non-hydrogen) atoms. The topological polar surface area (TPSA) is 86.8 Å². The summed E-state index contributed by atoms with van der Waals surface area (Å²) >= 11 is 0. The number of imide groups is 1. The lowest BCUT2D eigenvalue weighted by molar-refractivity contribution is -0.136. The van der Waals surface area contributed by atoms with Crippen LogP contribution in [0.3, 0.4) is 0 Å². The van der Waals surface area contributed by atoms with E-state index < -0.39 is 0 Å². The molecule has 0 aliphatic carbocycles. The van der Waals surface area contributed by atoms with E-state index in [1.165, 1.54) is 22.9 Å². The summed E-state index contributed by atoms with van der Waals surface area (Å²) in [7, 11) is 1.51. The van der Waals surface area contributed by atoms with Crippen molar-refractivity contribution < 1.29 is 19.2 Å². The smallest absolute Gasteiger partial charge is 0.251 e. The van der Waals surface area contributed by atoms with Gasteiger partial charge in [0.2, 0.25) is 17.7 Å². The van der Waals surface area contributed by atoms with Gasteiger partial charge in [-0.05, 0) is 12.5 Å². The summed E-state index contributed by atoms with van der Waals surface area (Å²) in [5.41, 5.74) is 0.659. The molecule has 0 aromatic carbocycles. The number of allylic oxidation sites excluding steroid dienone is 1. The highest BCUT2D eigenvalue weighted by molar-refractivity contribution is 6.01. The first-order valence-electron chi connectivity index (χ1n) is 8.11. The monoisotopic (exact) mass is 335 g/mol. The number of rotatable bonds is 6. The molecular formula is C17H25N3O4. The number of nitrogens with zero attached hydrogens (tertiary/aromatic N) is 2. The quantitative estimate of drug-likeness (QED) is 0.579. The minimum absolute atomic E-state index is 0.0130. The molecule has 1 fully saturated rings. The lowest BCUT2D eigenvalue weighted by Crippen LogP contribution is -2.31. The van der Waals surface area contributed by atoms with Gasteiger partial charge in [-0.15, -0.1) is 0 Å². The Kier molecular flexibility index (Phi) is 7.88. The predicted octanol–water partition coefficient (Wildman–Crippen LogP) is 0.970. The van der Waals surface area contributed by atoms with E-state index in [4.69, 9.17) is 0 Å². The van der Waals surface area contributed by atoms with Crippen LogP contribution in [0.1, 0.15) is 39.0 Å². The highest BCUT2D eigenvalue weighted by Gasteiger charge is 2.24. The second kappa shape index (κ2) is 9.64. The van der Waals surface area contributed by atoms with E-state index in [1.807, 2.05) is 0 Å². The molecule has 7 nitrogen and oxygen atoms in total. The fraction of sp³-hybridized carbons (Fsp3) is 0.529. The maximum Gasteiger partial charge on any atom is 0.251 e. The van der Waals surface area contributed by atoms with E-state index >= 15 is 0 Å². The Morgan fingerprint density at radius 2 is 1.83 bits per heavy atom. The maximum absolute atomic E-state index is 11.4. The number of likely N-dealkylation sites (tertiary alicyclic amines) is 1. The maximum atomic E-state index is 11.4. The van der Waals surface area contributed by atoms with Crippen molar-refractivity contribution in [1.82, 2.24) is 15.1 Å². The lowest BCUT2D eigenvalue weighted by Gasteiger charge is -2.16. The van der Waals surface area contributed by atoms with Gasteiger partial charge in [0, 0.05) is 51.2 Å². The van der Waals surface area contributed by atoms with Crippen LogP contribution in [-0.2, 0) is 19.2 Å². The van der Waals surface area contributed by atoms with Gasteiger partial charge >= 0.3 is 0 Å². The van der Waals surface area contributed by atoms with E-state index in [1.54, 1.807) is 6.08 Å². The molecule has 0 aromatic heterocycles. The van der Waals surface area contributed by atoms with E-state index in [9.17, 15) is 19.2 Å². The van der Waals surface area contributed by atoms with E-state index in [0.717, 1.165) is 12.8 Å². The molecule has 2 aliphatic heterocycles. The van der Waals surface area contributed by atoms with E-state index in [0.29, 0.717) is 38.0 Å². The van der Waals surface area contributed by atoms with Gasteiger partial charge in [-0.2, -0.15) is 0 Å². The summed E-state index contributed by atoms with van der Waals surface area (Å²) in [5, 5.41) is 2.81. The van der Waals surface area contributed by atoms with Crippen LogP contribution in [0.2, 0.25) is 0 Å². The van der Waals surface area contributed by atoms with Gasteiger partial charge in [0.1, 0.15) is 0 Å². The molecule has 1 saturated heterocycles. The molecule has 0 atom stereocenters. The van der Waals surface area contributed by atoms with Crippen molar-refractivity contribution in [3.63, 3.8) is 0 Å². The van der Waals surface area contributed by atoms with Crippen molar-refractivity contribution in [3.8, 4) is 0 Å². The molecule has 0 unspecified atom stereocenters. The number of hydrogen-bond acceptors (Lipinski definition) is 4. The zero-order chi connectivity index (χ0) is 18.1. The summed E-state index contributed by atoms with van der Waals surface area (Å²) < 4.78 is 0. The zero-order valence-corrected chi connectivity index (χ0v) is 14.3. The molecule has 1 N–H and O–H groups in total. The Morgan fingerprint density at radius 3 is 2.25 bits per heavy atom. The van der Waals surface area contributed by atoms with Crippen molar-refractivity contribution in [3.05, 3.63) is 24.4 Å². The molecule has 4 amide bonds. The van der Waals surface area contributed by atoms with Crippen LogP contribution < -0.4 is 5.32 Å². The van der Waals surface area contributed by atoms with Gasteiger partial charge in [0.05, 0.1) is 0 Å². The normalized spacial score (nSPS) is 16.6. The molecule has 2 heterocycles. The number of unbranched alkanes of at least 4 members (excludes halogenated alkanes) is 1. The number of carbonyl (C=O) groups excluding carboxylic acids is 4. The van der Waals surface area contributed by atoms with Crippen molar-refractivity contribution in [2.75, 3.05) is 20.1 Å². The summed E-state index contributed by atoms with van der Waals surface area (Å²) in [4.78, 5) is 46.4. The van der Waals surface area contributed by atoms with E-state index in [2.05, 4.69) is 18.8 Å². The third-order valence-electron chi connectivity index (χ3n) is 3.75. The largest absolute Gasteiger partial charge is 0.356 e. The van der Waals surface area contributed by atoms with Gasteiger partial charge in [0.15, 0.2) is 0 Å². The third kappa shape index (κ3) is 5.98. The van der Waals surface area contributed by atoms with Crippen LogP contribution in [0.15, 0.2) is 24.4 Å². The molecule has 2 aliphatic rings. The molecule has 0 spiro atoms. The number of hydrogen-bond donors (Lipinski definition) is 1. The van der Waals surface area contributed by atoms with Gasteiger partial charge in [-0.3, -0.25) is 24.1 Å². The molecular weight excluding hydrogens is 310 g/mol. The highest BCUT2D eigenvalue weighted by atomic mass is 16.2. The lowest BCUT2D eigenvalue weighted by atomic mass is 10.3. The fourth-order valence-corrected chi connectivity index (χ4v) is 2.14. The summed E-state index contributed by atoms with van der Waals surface area (Å²) in [6.45, 7) is 6.92. The van der Waals surface area contributed by atoms with Crippen molar-refractivity contribution in [2.45, 2.75) is 39.0 Å². The van der Waals surface area contributed by atoms with Gasteiger partial charge in [-0.25, -0.2) is 0 Å². The number of nitrogens with one attached hydrogen (secondary N) is 1. The molecule has 2 rings (SSSR count). The Morgan fingerprint density at radius 1 is 1.21 bits per heavy atom. The second-order valence-electron chi connectivity index (χ2n) is 5.61. The Labute approximate surface area is 142 Å². The van der Waals surface area contributed by atoms with Gasteiger partial charge in [-0.1, -0.05) is 19.9 Å². The average molecular weight is 335 g/mol. The molecule has 0 saturated carbocycles. The summed E-state index contributed by atoms with van der Waals surface area (Å²) in [6.07, 6.45) is 6.31.